The number of hydrogen-bond donors (Lipinski definition) is 1. The summed E-state index contributed by atoms with van der Waals surface area (Å²) in [4.78, 5) is 0. The van der Waals surface area contributed by atoms with E-state index in [0.717, 1.165) is 12.0 Å². The second kappa shape index (κ2) is 7.47. The molecule has 1 nitrogen and oxygen atoms in total. The molecular formula is C15H23F2N. The van der Waals surface area contributed by atoms with Gasteiger partial charge in [-0.1, -0.05) is 32.0 Å². The van der Waals surface area contributed by atoms with Gasteiger partial charge in [0, 0.05) is 18.2 Å². The van der Waals surface area contributed by atoms with E-state index >= 15 is 0 Å². The third kappa shape index (κ3) is 5.58. The number of hydrogen-bond acceptors (Lipinski definition) is 1. The van der Waals surface area contributed by atoms with Crippen molar-refractivity contribution in [1.29, 1.82) is 0 Å². The van der Waals surface area contributed by atoms with Crippen LogP contribution < -0.4 is 5.32 Å². The molecule has 0 fully saturated rings. The highest BCUT2D eigenvalue weighted by Gasteiger charge is 2.08. The Hall–Kier alpha value is -0.960. The van der Waals surface area contributed by atoms with Crippen LogP contribution in [-0.2, 0) is 6.54 Å². The van der Waals surface area contributed by atoms with Crippen molar-refractivity contribution in [1.82, 2.24) is 5.32 Å². The molecule has 0 bridgehead atoms. The van der Waals surface area contributed by atoms with E-state index < -0.39 is 6.43 Å². The summed E-state index contributed by atoms with van der Waals surface area (Å²) in [5.74, 6) is 0.705. The third-order valence-electron chi connectivity index (χ3n) is 3.03. The highest BCUT2D eigenvalue weighted by molar-refractivity contribution is 5.24. The van der Waals surface area contributed by atoms with Crippen molar-refractivity contribution in [3.05, 3.63) is 35.4 Å². The molecule has 18 heavy (non-hydrogen) atoms. The van der Waals surface area contributed by atoms with Gasteiger partial charge in [-0.3, -0.25) is 0 Å². The zero-order valence-corrected chi connectivity index (χ0v) is 11.4. The molecule has 0 saturated heterocycles. The molecular weight excluding hydrogens is 232 g/mol. The number of benzene rings is 1. The van der Waals surface area contributed by atoms with Crippen LogP contribution in [0.3, 0.4) is 0 Å². The lowest BCUT2D eigenvalue weighted by Gasteiger charge is -2.15. The van der Waals surface area contributed by atoms with Gasteiger partial charge >= 0.3 is 0 Å². The molecule has 1 N–H and O–H groups in total. The van der Waals surface area contributed by atoms with Gasteiger partial charge in [-0.15, -0.1) is 0 Å². The van der Waals surface area contributed by atoms with E-state index in [-0.39, 0.29) is 5.56 Å². The Morgan fingerprint density at radius 2 is 1.83 bits per heavy atom. The van der Waals surface area contributed by atoms with E-state index in [1.165, 1.54) is 12.5 Å². The highest BCUT2D eigenvalue weighted by atomic mass is 19.3. The summed E-state index contributed by atoms with van der Waals surface area (Å²) in [6.45, 7) is 7.21. The van der Waals surface area contributed by atoms with Crippen LogP contribution in [-0.4, -0.2) is 6.04 Å². The van der Waals surface area contributed by atoms with Gasteiger partial charge in [-0.25, -0.2) is 8.78 Å². The van der Waals surface area contributed by atoms with Crippen molar-refractivity contribution in [2.45, 2.75) is 52.6 Å². The van der Waals surface area contributed by atoms with Crippen LogP contribution in [0.2, 0.25) is 0 Å². The van der Waals surface area contributed by atoms with Crippen LogP contribution in [0.5, 0.6) is 0 Å². The summed E-state index contributed by atoms with van der Waals surface area (Å²) in [6, 6.07) is 7.04. The average Bonchev–Trinajstić information content (AvgIpc) is 2.34. The molecule has 1 unspecified atom stereocenters. The summed E-state index contributed by atoms with van der Waals surface area (Å²) >= 11 is 0. The average molecular weight is 255 g/mol. The lowest BCUT2D eigenvalue weighted by atomic mass is 10.0. The first-order valence-corrected chi connectivity index (χ1v) is 6.59. The minimum absolute atomic E-state index is 0.101. The summed E-state index contributed by atoms with van der Waals surface area (Å²) in [5, 5.41) is 3.38. The van der Waals surface area contributed by atoms with Crippen LogP contribution in [0.15, 0.2) is 24.3 Å². The molecule has 0 aliphatic heterocycles. The Kier molecular flexibility index (Phi) is 6.27. The SMILES string of the molecule is CC(C)CCC(C)NCc1cccc(C(F)F)c1. The Morgan fingerprint density at radius 3 is 2.44 bits per heavy atom. The van der Waals surface area contributed by atoms with Gasteiger partial charge < -0.3 is 5.32 Å². The van der Waals surface area contributed by atoms with Gasteiger partial charge in [-0.2, -0.15) is 0 Å². The van der Waals surface area contributed by atoms with Gasteiger partial charge in [0.2, 0.25) is 0 Å². The fourth-order valence-corrected chi connectivity index (χ4v) is 1.82. The molecule has 0 saturated carbocycles. The number of rotatable bonds is 7. The molecule has 0 amide bonds. The van der Waals surface area contributed by atoms with E-state index in [1.54, 1.807) is 12.1 Å². The van der Waals surface area contributed by atoms with Gasteiger partial charge in [0.05, 0.1) is 0 Å². The number of alkyl halides is 2. The lowest BCUT2D eigenvalue weighted by molar-refractivity contribution is 0.151. The quantitative estimate of drug-likeness (QED) is 0.754. The molecule has 0 aliphatic rings. The standard InChI is InChI=1S/C15H23F2N/c1-11(2)7-8-12(3)18-10-13-5-4-6-14(9-13)15(16)17/h4-6,9,11-12,15,18H,7-8,10H2,1-3H3. The summed E-state index contributed by atoms with van der Waals surface area (Å²) in [7, 11) is 0. The Bertz CT molecular complexity index is 350. The molecule has 1 atom stereocenters. The van der Waals surface area contributed by atoms with Crippen molar-refractivity contribution in [2.75, 3.05) is 0 Å². The second-order valence-corrected chi connectivity index (χ2v) is 5.30. The molecule has 0 heterocycles. The van der Waals surface area contributed by atoms with Crippen molar-refractivity contribution in [2.24, 2.45) is 5.92 Å². The molecule has 102 valence electrons. The molecule has 1 aromatic carbocycles. The van der Waals surface area contributed by atoms with E-state index in [2.05, 4.69) is 26.1 Å². The molecule has 1 rings (SSSR count). The van der Waals surface area contributed by atoms with Crippen molar-refractivity contribution in [3.8, 4) is 0 Å². The largest absolute Gasteiger partial charge is 0.310 e. The normalized spacial score (nSPS) is 13.3. The fourth-order valence-electron chi connectivity index (χ4n) is 1.82. The second-order valence-electron chi connectivity index (χ2n) is 5.30. The van der Waals surface area contributed by atoms with Gasteiger partial charge in [0.15, 0.2) is 0 Å². The van der Waals surface area contributed by atoms with Gasteiger partial charge in [0.25, 0.3) is 6.43 Å². The van der Waals surface area contributed by atoms with Crippen LogP contribution >= 0.6 is 0 Å². The fraction of sp³-hybridized carbons (Fsp3) is 0.600. The summed E-state index contributed by atoms with van der Waals surface area (Å²) in [5.41, 5.74) is 1.02. The topological polar surface area (TPSA) is 12.0 Å². The van der Waals surface area contributed by atoms with Crippen molar-refractivity contribution >= 4 is 0 Å². The molecule has 0 spiro atoms. The molecule has 3 heteroatoms. The van der Waals surface area contributed by atoms with Crippen LogP contribution in [0.1, 0.15) is 51.2 Å². The zero-order valence-electron chi connectivity index (χ0n) is 11.4. The third-order valence-corrected chi connectivity index (χ3v) is 3.03. The molecule has 0 aliphatic carbocycles. The maximum atomic E-state index is 12.5. The Labute approximate surface area is 109 Å². The highest BCUT2D eigenvalue weighted by Crippen LogP contribution is 2.19. The minimum Gasteiger partial charge on any atom is -0.310 e. The first kappa shape index (κ1) is 15.1. The predicted molar refractivity (Wildman–Crippen MR) is 71.8 cm³/mol. The van der Waals surface area contributed by atoms with Gasteiger partial charge in [-0.05, 0) is 37.3 Å². The molecule has 1 aromatic rings. The molecule has 0 aromatic heterocycles. The Morgan fingerprint density at radius 1 is 1.11 bits per heavy atom. The smallest absolute Gasteiger partial charge is 0.263 e. The predicted octanol–water partition coefficient (Wildman–Crippen LogP) is 4.54. The maximum Gasteiger partial charge on any atom is 0.263 e. The van der Waals surface area contributed by atoms with E-state index in [4.69, 9.17) is 0 Å². The van der Waals surface area contributed by atoms with E-state index in [1.807, 2.05) is 6.07 Å². The first-order valence-electron chi connectivity index (χ1n) is 6.59. The van der Waals surface area contributed by atoms with E-state index in [0.29, 0.717) is 18.5 Å². The van der Waals surface area contributed by atoms with Crippen molar-refractivity contribution in [3.63, 3.8) is 0 Å². The van der Waals surface area contributed by atoms with E-state index in [9.17, 15) is 8.78 Å². The summed E-state index contributed by atoms with van der Waals surface area (Å²) in [6.07, 6.45) is -0.0828. The monoisotopic (exact) mass is 255 g/mol. The van der Waals surface area contributed by atoms with Crippen molar-refractivity contribution < 1.29 is 8.78 Å². The van der Waals surface area contributed by atoms with Gasteiger partial charge in [0.1, 0.15) is 0 Å². The molecule has 0 radical (unpaired) electrons. The van der Waals surface area contributed by atoms with Crippen LogP contribution in [0, 0.1) is 5.92 Å². The number of nitrogens with one attached hydrogen (secondary N) is 1. The summed E-state index contributed by atoms with van der Waals surface area (Å²) < 4.78 is 25.1. The maximum absolute atomic E-state index is 12.5. The van der Waals surface area contributed by atoms with Crippen LogP contribution in [0.4, 0.5) is 8.78 Å². The first-order chi connectivity index (χ1) is 8.49. The minimum atomic E-state index is -2.39. The number of halogens is 2. The zero-order chi connectivity index (χ0) is 13.5. The van der Waals surface area contributed by atoms with Crippen LogP contribution in [0.25, 0.3) is 0 Å². The lowest BCUT2D eigenvalue weighted by Crippen LogP contribution is -2.25. The Balaban J connectivity index is 2.40.